The van der Waals surface area contributed by atoms with Gasteiger partial charge in [-0.25, -0.2) is 14.4 Å². The molecule has 0 saturated carbocycles. The van der Waals surface area contributed by atoms with E-state index >= 15 is 0 Å². The van der Waals surface area contributed by atoms with Crippen molar-refractivity contribution in [2.24, 2.45) is 5.92 Å². The quantitative estimate of drug-likeness (QED) is 0.600. The van der Waals surface area contributed by atoms with E-state index < -0.39 is 0 Å². The Balaban J connectivity index is 1.39. The Hall–Kier alpha value is -3.28. The molecule has 1 fully saturated rings. The molecule has 1 saturated heterocycles. The maximum absolute atomic E-state index is 13.6. The molecule has 1 aliphatic heterocycles. The zero-order chi connectivity index (χ0) is 22.5. The van der Waals surface area contributed by atoms with Crippen LogP contribution < -0.4 is 10.2 Å². The summed E-state index contributed by atoms with van der Waals surface area (Å²) in [5, 5.41) is 3.09. The largest absolute Gasteiger partial charge is 0.356 e. The van der Waals surface area contributed by atoms with E-state index in [0.717, 1.165) is 30.8 Å². The minimum absolute atomic E-state index is 0.0713. The van der Waals surface area contributed by atoms with Crippen LogP contribution in [0.5, 0.6) is 0 Å². The molecule has 1 amide bonds. The van der Waals surface area contributed by atoms with Crippen molar-refractivity contribution in [3.63, 3.8) is 0 Å². The fourth-order valence-corrected chi connectivity index (χ4v) is 4.05. The molecule has 0 spiro atoms. The molecule has 0 unspecified atom stereocenters. The van der Waals surface area contributed by atoms with Crippen LogP contribution in [0.15, 0.2) is 60.8 Å². The Kier molecular flexibility index (Phi) is 6.78. The fourth-order valence-electron chi connectivity index (χ4n) is 4.05. The second-order valence-electron chi connectivity index (χ2n) is 8.65. The minimum atomic E-state index is -0.315. The number of rotatable bonds is 6. The van der Waals surface area contributed by atoms with Crippen LogP contribution in [0.2, 0.25) is 0 Å². The normalized spacial score (nSPS) is 16.2. The summed E-state index contributed by atoms with van der Waals surface area (Å²) < 4.78 is 13.6. The number of hydrogen-bond acceptors (Lipinski definition) is 4. The van der Waals surface area contributed by atoms with Crippen LogP contribution in [-0.4, -0.2) is 29.0 Å². The number of anilines is 1. The van der Waals surface area contributed by atoms with E-state index in [0.29, 0.717) is 30.4 Å². The molecule has 0 radical (unpaired) electrons. The SMILES string of the molecule is CC(C)c1ccc(CNC(=O)[C@@H]2CCCN(c3ccnc(-c4cccc(F)c4)n3)C2)cc1. The number of amides is 1. The summed E-state index contributed by atoms with van der Waals surface area (Å²) in [6.07, 6.45) is 3.46. The summed E-state index contributed by atoms with van der Waals surface area (Å²) in [5.74, 6) is 1.41. The number of nitrogens with zero attached hydrogens (tertiary/aromatic N) is 3. The third-order valence-electron chi connectivity index (χ3n) is 5.95. The molecule has 3 aromatic rings. The van der Waals surface area contributed by atoms with Gasteiger partial charge in [-0.3, -0.25) is 4.79 Å². The van der Waals surface area contributed by atoms with Gasteiger partial charge in [0.2, 0.25) is 5.91 Å². The second kappa shape index (κ2) is 9.90. The number of nitrogens with one attached hydrogen (secondary N) is 1. The van der Waals surface area contributed by atoms with E-state index in [-0.39, 0.29) is 17.6 Å². The average molecular weight is 433 g/mol. The van der Waals surface area contributed by atoms with Crippen molar-refractivity contribution >= 4 is 11.7 Å². The van der Waals surface area contributed by atoms with Crippen LogP contribution in [0.4, 0.5) is 10.2 Å². The van der Waals surface area contributed by atoms with Gasteiger partial charge in [0.15, 0.2) is 5.82 Å². The topological polar surface area (TPSA) is 58.1 Å². The van der Waals surface area contributed by atoms with Crippen LogP contribution in [0.1, 0.15) is 43.7 Å². The van der Waals surface area contributed by atoms with Gasteiger partial charge >= 0.3 is 0 Å². The zero-order valence-electron chi connectivity index (χ0n) is 18.6. The lowest BCUT2D eigenvalue weighted by Crippen LogP contribution is -2.43. The molecule has 1 atom stereocenters. The molecule has 4 rings (SSSR count). The number of carbonyl (C=O) groups is 1. The molecule has 2 heterocycles. The number of carbonyl (C=O) groups excluding carboxylic acids is 1. The van der Waals surface area contributed by atoms with Crippen molar-refractivity contribution in [2.75, 3.05) is 18.0 Å². The van der Waals surface area contributed by atoms with Gasteiger partial charge in [-0.15, -0.1) is 0 Å². The van der Waals surface area contributed by atoms with E-state index in [1.165, 1.54) is 17.7 Å². The van der Waals surface area contributed by atoms with Gasteiger partial charge in [-0.2, -0.15) is 0 Å². The second-order valence-corrected chi connectivity index (χ2v) is 8.65. The van der Waals surface area contributed by atoms with Crippen LogP contribution in [0.25, 0.3) is 11.4 Å². The van der Waals surface area contributed by atoms with Crippen molar-refractivity contribution < 1.29 is 9.18 Å². The highest BCUT2D eigenvalue weighted by Crippen LogP contribution is 2.24. The van der Waals surface area contributed by atoms with E-state index in [1.807, 2.05) is 6.07 Å². The number of hydrogen-bond donors (Lipinski definition) is 1. The van der Waals surface area contributed by atoms with Gasteiger partial charge in [-0.1, -0.05) is 50.2 Å². The molecule has 2 aromatic carbocycles. The summed E-state index contributed by atoms with van der Waals surface area (Å²) in [6.45, 7) is 6.32. The van der Waals surface area contributed by atoms with Gasteiger partial charge in [0, 0.05) is 31.4 Å². The molecular weight excluding hydrogens is 403 g/mol. The first-order valence-electron chi connectivity index (χ1n) is 11.2. The molecule has 0 aliphatic carbocycles. The third-order valence-corrected chi connectivity index (χ3v) is 5.95. The van der Waals surface area contributed by atoms with Crippen molar-refractivity contribution in [3.8, 4) is 11.4 Å². The zero-order valence-corrected chi connectivity index (χ0v) is 18.6. The number of piperidine rings is 1. The van der Waals surface area contributed by atoms with Gasteiger partial charge in [0.05, 0.1) is 5.92 Å². The maximum Gasteiger partial charge on any atom is 0.225 e. The van der Waals surface area contributed by atoms with E-state index in [1.54, 1.807) is 18.3 Å². The Morgan fingerprint density at radius 2 is 2.00 bits per heavy atom. The van der Waals surface area contributed by atoms with Gasteiger partial charge < -0.3 is 10.2 Å². The van der Waals surface area contributed by atoms with Crippen molar-refractivity contribution in [2.45, 2.75) is 39.2 Å². The lowest BCUT2D eigenvalue weighted by atomic mass is 9.97. The van der Waals surface area contributed by atoms with E-state index in [2.05, 4.69) is 58.3 Å². The molecule has 1 N–H and O–H groups in total. The Labute approximate surface area is 188 Å². The number of benzene rings is 2. The number of halogens is 1. The molecule has 1 aromatic heterocycles. The predicted molar refractivity (Wildman–Crippen MR) is 125 cm³/mol. The van der Waals surface area contributed by atoms with Crippen LogP contribution in [0, 0.1) is 11.7 Å². The van der Waals surface area contributed by atoms with Gasteiger partial charge in [0.1, 0.15) is 11.6 Å². The van der Waals surface area contributed by atoms with Crippen LogP contribution in [0.3, 0.4) is 0 Å². The first-order valence-corrected chi connectivity index (χ1v) is 11.2. The molecule has 5 nitrogen and oxygen atoms in total. The van der Waals surface area contributed by atoms with Crippen molar-refractivity contribution in [3.05, 3.63) is 77.7 Å². The standard InChI is InChI=1S/C26H29FN4O/c1-18(2)20-10-8-19(9-11-20)16-29-26(32)22-6-4-14-31(17-22)24-12-13-28-25(30-24)21-5-3-7-23(27)15-21/h3,5,7-13,15,18,22H,4,6,14,16-17H2,1-2H3,(H,29,32)/t22-/m1/s1. The average Bonchev–Trinajstić information content (AvgIpc) is 2.83. The first kappa shape index (κ1) is 21.9. The maximum atomic E-state index is 13.6. The highest BCUT2D eigenvalue weighted by atomic mass is 19.1. The molecular formula is C26H29FN4O. The van der Waals surface area contributed by atoms with Gasteiger partial charge in [0.25, 0.3) is 0 Å². The highest BCUT2D eigenvalue weighted by Gasteiger charge is 2.26. The predicted octanol–water partition coefficient (Wildman–Crippen LogP) is 4.94. The Morgan fingerprint density at radius 3 is 2.75 bits per heavy atom. The third kappa shape index (κ3) is 5.31. The molecule has 0 bridgehead atoms. The summed E-state index contributed by atoms with van der Waals surface area (Å²) in [5.41, 5.74) is 3.04. The Morgan fingerprint density at radius 1 is 1.19 bits per heavy atom. The van der Waals surface area contributed by atoms with Crippen molar-refractivity contribution in [1.82, 2.24) is 15.3 Å². The lowest BCUT2D eigenvalue weighted by Gasteiger charge is -2.33. The number of aromatic nitrogens is 2. The molecule has 32 heavy (non-hydrogen) atoms. The first-order chi connectivity index (χ1) is 15.5. The highest BCUT2D eigenvalue weighted by molar-refractivity contribution is 5.79. The smallest absolute Gasteiger partial charge is 0.225 e. The fraction of sp³-hybridized carbons (Fsp3) is 0.346. The molecule has 166 valence electrons. The minimum Gasteiger partial charge on any atom is -0.356 e. The van der Waals surface area contributed by atoms with E-state index in [9.17, 15) is 9.18 Å². The molecule has 1 aliphatic rings. The van der Waals surface area contributed by atoms with Crippen LogP contribution in [-0.2, 0) is 11.3 Å². The summed E-state index contributed by atoms with van der Waals surface area (Å²) in [6, 6.07) is 16.5. The van der Waals surface area contributed by atoms with E-state index in [4.69, 9.17) is 0 Å². The lowest BCUT2D eigenvalue weighted by molar-refractivity contribution is -0.125. The van der Waals surface area contributed by atoms with Crippen molar-refractivity contribution in [1.29, 1.82) is 0 Å². The molecule has 6 heteroatoms. The summed E-state index contributed by atoms with van der Waals surface area (Å²) in [4.78, 5) is 23.9. The Bertz CT molecular complexity index is 1070. The van der Waals surface area contributed by atoms with Crippen LogP contribution >= 0.6 is 0 Å². The monoisotopic (exact) mass is 432 g/mol. The van der Waals surface area contributed by atoms with Gasteiger partial charge in [-0.05, 0) is 48.1 Å². The summed E-state index contributed by atoms with van der Waals surface area (Å²) >= 11 is 0. The summed E-state index contributed by atoms with van der Waals surface area (Å²) in [7, 11) is 0.